The van der Waals surface area contributed by atoms with Crippen LogP contribution in [0.2, 0.25) is 0 Å². The molecule has 0 heterocycles. The molecular weight excluding hydrogens is 282 g/mol. The van der Waals surface area contributed by atoms with E-state index in [9.17, 15) is 0 Å². The molecule has 0 aromatic carbocycles. The monoisotopic (exact) mass is 296 g/mol. The number of rotatable bonds is 1. The summed E-state index contributed by atoms with van der Waals surface area (Å²) in [7, 11) is 2.05. The summed E-state index contributed by atoms with van der Waals surface area (Å²) in [6, 6.07) is 0.806. The molecule has 9 heavy (non-hydrogen) atoms. The van der Waals surface area contributed by atoms with Crippen molar-refractivity contribution in [2.24, 2.45) is 0 Å². The number of nitrogens with one attached hydrogen (secondary N) is 1. The SMILES string of the molecule is CNC1CC[CH-]CC1.[W]. The third-order valence-corrected chi connectivity index (χ3v) is 1.85. The van der Waals surface area contributed by atoms with Crippen molar-refractivity contribution in [3.05, 3.63) is 6.42 Å². The maximum Gasteiger partial charge on any atom is 0.00155 e. The summed E-state index contributed by atoms with van der Waals surface area (Å²) >= 11 is 0. The third kappa shape index (κ3) is 3.37. The minimum Gasteiger partial charge on any atom is -0.328 e. The van der Waals surface area contributed by atoms with Crippen LogP contribution in [0.3, 0.4) is 0 Å². The molecule has 2 heteroatoms. The van der Waals surface area contributed by atoms with Crippen LogP contribution in [0, 0.1) is 6.42 Å². The van der Waals surface area contributed by atoms with Gasteiger partial charge in [-0.2, -0.15) is 12.8 Å². The second-order valence-electron chi connectivity index (χ2n) is 2.43. The normalized spacial score (nSPS) is 21.0. The second-order valence-corrected chi connectivity index (χ2v) is 2.43. The first-order chi connectivity index (χ1) is 3.93. The van der Waals surface area contributed by atoms with Gasteiger partial charge in [0, 0.05) is 27.1 Å². The van der Waals surface area contributed by atoms with Gasteiger partial charge in [-0.15, -0.1) is 0 Å². The fraction of sp³-hybridized carbons (Fsp3) is 0.857. The molecule has 0 amide bonds. The third-order valence-electron chi connectivity index (χ3n) is 1.85. The molecule has 1 N–H and O–H groups in total. The maximum atomic E-state index is 3.28. The van der Waals surface area contributed by atoms with Crippen molar-refractivity contribution in [1.82, 2.24) is 5.32 Å². The summed E-state index contributed by atoms with van der Waals surface area (Å²) in [4.78, 5) is 0. The van der Waals surface area contributed by atoms with E-state index in [-0.39, 0.29) is 21.1 Å². The summed E-state index contributed by atoms with van der Waals surface area (Å²) < 4.78 is 0. The van der Waals surface area contributed by atoms with Crippen molar-refractivity contribution in [3.8, 4) is 0 Å². The Morgan fingerprint density at radius 3 is 2.22 bits per heavy atom. The van der Waals surface area contributed by atoms with Crippen molar-refractivity contribution in [2.45, 2.75) is 31.7 Å². The molecule has 1 saturated carbocycles. The summed E-state index contributed by atoms with van der Waals surface area (Å²) in [5.41, 5.74) is 0. The molecule has 0 unspecified atom stereocenters. The summed E-state index contributed by atoms with van der Waals surface area (Å²) in [6.07, 6.45) is 7.69. The second kappa shape index (κ2) is 5.43. The van der Waals surface area contributed by atoms with Gasteiger partial charge in [-0.1, -0.05) is 12.8 Å². The molecule has 0 saturated heterocycles. The molecule has 1 aliphatic rings. The van der Waals surface area contributed by atoms with Crippen LogP contribution < -0.4 is 5.32 Å². The van der Waals surface area contributed by atoms with Gasteiger partial charge in [0.05, 0.1) is 0 Å². The van der Waals surface area contributed by atoms with Crippen LogP contribution >= 0.6 is 0 Å². The molecule has 1 aliphatic carbocycles. The zero-order valence-electron chi connectivity index (χ0n) is 5.89. The molecule has 0 bridgehead atoms. The van der Waals surface area contributed by atoms with Crippen molar-refractivity contribution in [1.29, 1.82) is 0 Å². The Morgan fingerprint density at radius 1 is 1.33 bits per heavy atom. The van der Waals surface area contributed by atoms with Crippen molar-refractivity contribution in [3.63, 3.8) is 0 Å². The first-order valence-corrected chi connectivity index (χ1v) is 3.42. The van der Waals surface area contributed by atoms with Crippen molar-refractivity contribution in [2.75, 3.05) is 7.05 Å². The predicted molar refractivity (Wildman–Crippen MR) is 35.6 cm³/mol. The molecule has 0 spiro atoms. The van der Waals surface area contributed by atoms with Gasteiger partial charge in [0.25, 0.3) is 0 Å². The average molecular weight is 296 g/mol. The largest absolute Gasteiger partial charge is 0.328 e. The molecule has 1 fully saturated rings. The Labute approximate surface area is 71.9 Å². The van der Waals surface area contributed by atoms with E-state index < -0.39 is 0 Å². The van der Waals surface area contributed by atoms with Gasteiger partial charge in [-0.3, -0.25) is 0 Å². The average Bonchev–Trinajstić information content (AvgIpc) is 1.90. The number of hydrogen-bond acceptors (Lipinski definition) is 1. The van der Waals surface area contributed by atoms with Gasteiger partial charge in [0.1, 0.15) is 0 Å². The molecular formula is C7H14NW-. The number of hydrogen-bond donors (Lipinski definition) is 1. The molecule has 1 rings (SSSR count). The maximum absolute atomic E-state index is 3.28. The van der Waals surface area contributed by atoms with Gasteiger partial charge >= 0.3 is 0 Å². The summed E-state index contributed by atoms with van der Waals surface area (Å²) in [6.45, 7) is 0. The van der Waals surface area contributed by atoms with E-state index in [1.807, 2.05) is 0 Å². The molecule has 54 valence electrons. The van der Waals surface area contributed by atoms with Crippen LogP contribution in [0.5, 0.6) is 0 Å². The Balaban J connectivity index is 0.000000640. The van der Waals surface area contributed by atoms with Crippen LogP contribution in [0.15, 0.2) is 0 Å². The van der Waals surface area contributed by atoms with Crippen LogP contribution in [0.25, 0.3) is 0 Å². The molecule has 0 aromatic heterocycles. The first-order valence-electron chi connectivity index (χ1n) is 3.42. The molecule has 0 atom stereocenters. The summed E-state index contributed by atoms with van der Waals surface area (Å²) in [5.74, 6) is 0. The van der Waals surface area contributed by atoms with Crippen LogP contribution in [-0.4, -0.2) is 13.1 Å². The minimum atomic E-state index is 0. The first kappa shape index (κ1) is 9.65. The van der Waals surface area contributed by atoms with E-state index in [1.165, 1.54) is 25.7 Å². The topological polar surface area (TPSA) is 12.0 Å². The molecule has 0 aliphatic heterocycles. The zero-order valence-corrected chi connectivity index (χ0v) is 8.82. The Kier molecular flexibility index (Phi) is 5.83. The minimum absolute atomic E-state index is 0. The fourth-order valence-corrected chi connectivity index (χ4v) is 1.22. The molecule has 0 aromatic rings. The standard InChI is InChI=1S/C7H14N.W/c1-8-7-5-3-2-4-6-7;/h2,7-8H,3-6H2,1H3;/q-1;. The van der Waals surface area contributed by atoms with Gasteiger partial charge in [-0.25, -0.2) is 0 Å². The van der Waals surface area contributed by atoms with E-state index in [4.69, 9.17) is 0 Å². The van der Waals surface area contributed by atoms with Crippen LogP contribution in [0.1, 0.15) is 25.7 Å². The Hall–Kier alpha value is 0.648. The van der Waals surface area contributed by atoms with Crippen molar-refractivity contribution >= 4 is 0 Å². The van der Waals surface area contributed by atoms with E-state index in [2.05, 4.69) is 18.8 Å². The van der Waals surface area contributed by atoms with E-state index in [0.29, 0.717) is 0 Å². The van der Waals surface area contributed by atoms with E-state index in [0.717, 1.165) is 6.04 Å². The molecule has 0 radical (unpaired) electrons. The van der Waals surface area contributed by atoms with E-state index >= 15 is 0 Å². The Morgan fingerprint density at radius 2 is 1.89 bits per heavy atom. The van der Waals surface area contributed by atoms with Gasteiger partial charge in [-0.05, 0) is 7.05 Å². The smallest absolute Gasteiger partial charge is 0.00155 e. The van der Waals surface area contributed by atoms with Crippen LogP contribution in [-0.2, 0) is 21.1 Å². The van der Waals surface area contributed by atoms with Gasteiger partial charge in [0.15, 0.2) is 0 Å². The zero-order chi connectivity index (χ0) is 5.82. The van der Waals surface area contributed by atoms with Gasteiger partial charge in [0.2, 0.25) is 0 Å². The summed E-state index contributed by atoms with van der Waals surface area (Å²) in [5, 5.41) is 3.28. The quantitative estimate of drug-likeness (QED) is 0.720. The Bertz CT molecular complexity index is 59.9. The fourth-order valence-electron chi connectivity index (χ4n) is 1.22. The molecule has 1 nitrogen and oxygen atoms in total. The van der Waals surface area contributed by atoms with Crippen molar-refractivity contribution < 1.29 is 21.1 Å². The van der Waals surface area contributed by atoms with E-state index in [1.54, 1.807) is 0 Å². The van der Waals surface area contributed by atoms with Gasteiger partial charge < -0.3 is 11.7 Å². The van der Waals surface area contributed by atoms with Crippen LogP contribution in [0.4, 0.5) is 0 Å². The predicted octanol–water partition coefficient (Wildman–Crippen LogP) is 1.35.